The molecule has 1 aromatic rings. The van der Waals surface area contributed by atoms with E-state index in [2.05, 4.69) is 12.2 Å². The second kappa shape index (κ2) is 9.09. The number of benzene rings is 1. The summed E-state index contributed by atoms with van der Waals surface area (Å²) < 4.78 is 26.8. The summed E-state index contributed by atoms with van der Waals surface area (Å²) in [5.41, 5.74) is 1.86. The molecule has 0 spiro atoms. The molecule has 27 heavy (non-hydrogen) atoms. The first-order valence-corrected chi connectivity index (χ1v) is 12.0. The van der Waals surface area contributed by atoms with Gasteiger partial charge in [0.15, 0.2) is 0 Å². The van der Waals surface area contributed by atoms with Gasteiger partial charge in [0.25, 0.3) is 0 Å². The second-order valence-corrected chi connectivity index (χ2v) is 9.93. The van der Waals surface area contributed by atoms with Gasteiger partial charge in [0.05, 0.1) is 11.4 Å². The van der Waals surface area contributed by atoms with E-state index in [1.807, 2.05) is 24.3 Å². The Balaban J connectivity index is 1.44. The maximum absolute atomic E-state index is 12.7. The van der Waals surface area contributed by atoms with E-state index in [9.17, 15) is 13.2 Å². The fourth-order valence-corrected chi connectivity index (χ4v) is 5.79. The summed E-state index contributed by atoms with van der Waals surface area (Å²) >= 11 is 0. The number of nitrogens with one attached hydrogen (secondary N) is 1. The van der Waals surface area contributed by atoms with Crippen molar-refractivity contribution in [2.24, 2.45) is 11.8 Å². The van der Waals surface area contributed by atoms with E-state index < -0.39 is 10.0 Å². The van der Waals surface area contributed by atoms with Gasteiger partial charge in [0.2, 0.25) is 15.9 Å². The van der Waals surface area contributed by atoms with Gasteiger partial charge in [-0.1, -0.05) is 44.4 Å². The minimum atomic E-state index is -3.40. The Kier molecular flexibility index (Phi) is 6.79. The van der Waals surface area contributed by atoms with Crippen LogP contribution in [0, 0.1) is 11.8 Å². The van der Waals surface area contributed by atoms with Gasteiger partial charge >= 0.3 is 0 Å². The molecule has 1 amide bonds. The second-order valence-electron chi connectivity index (χ2n) is 7.92. The molecule has 1 N–H and O–H groups in total. The number of para-hydroxylation sites is 1. The molecule has 2 aliphatic rings. The molecule has 0 unspecified atom stereocenters. The van der Waals surface area contributed by atoms with Crippen molar-refractivity contribution in [1.29, 1.82) is 0 Å². The molecule has 5 nitrogen and oxygen atoms in total. The lowest BCUT2D eigenvalue weighted by Crippen LogP contribution is -2.39. The van der Waals surface area contributed by atoms with Crippen molar-refractivity contribution in [2.75, 3.05) is 23.1 Å². The molecule has 0 bridgehead atoms. The Bertz CT molecular complexity index is 740. The van der Waals surface area contributed by atoms with Crippen LogP contribution in [0.15, 0.2) is 24.3 Å². The van der Waals surface area contributed by atoms with Crippen LogP contribution in [0.5, 0.6) is 0 Å². The SMILES string of the molecule is CCCCC1CCC(C(=O)NCCS(=O)(=O)N2CCc3ccccc32)CC1. The minimum Gasteiger partial charge on any atom is -0.355 e. The molecule has 0 atom stereocenters. The summed E-state index contributed by atoms with van der Waals surface area (Å²) in [5.74, 6) is 0.808. The molecule has 0 radical (unpaired) electrons. The first-order valence-electron chi connectivity index (χ1n) is 10.4. The van der Waals surface area contributed by atoms with Crippen molar-refractivity contribution >= 4 is 21.6 Å². The van der Waals surface area contributed by atoms with Crippen molar-refractivity contribution < 1.29 is 13.2 Å². The molecule has 3 rings (SSSR count). The van der Waals surface area contributed by atoms with Crippen molar-refractivity contribution in [2.45, 2.75) is 58.3 Å². The standard InChI is InChI=1S/C21H32N2O3S/c1-2-3-6-17-9-11-19(12-10-17)21(24)22-14-16-27(25,26)23-15-13-18-7-4-5-8-20(18)23/h4-5,7-8,17,19H,2-3,6,9-16H2,1H3,(H,22,24). The highest BCUT2D eigenvalue weighted by Gasteiger charge is 2.30. The molecule has 1 saturated carbocycles. The molecule has 1 aromatic carbocycles. The van der Waals surface area contributed by atoms with Gasteiger partial charge < -0.3 is 5.32 Å². The maximum Gasteiger partial charge on any atom is 0.236 e. The lowest BCUT2D eigenvalue weighted by Gasteiger charge is -2.27. The number of fused-ring (bicyclic) bond motifs is 1. The third-order valence-electron chi connectivity index (χ3n) is 6.02. The normalized spacial score (nSPS) is 22.5. The van der Waals surface area contributed by atoms with E-state index in [1.54, 1.807) is 0 Å². The molecular formula is C21H32N2O3S. The van der Waals surface area contributed by atoms with E-state index in [1.165, 1.54) is 23.6 Å². The van der Waals surface area contributed by atoms with Crippen LogP contribution in [-0.4, -0.2) is 33.2 Å². The fourth-order valence-electron chi connectivity index (χ4n) is 4.36. The molecule has 0 aromatic heterocycles. The van der Waals surface area contributed by atoms with Crippen molar-refractivity contribution in [3.8, 4) is 0 Å². The van der Waals surface area contributed by atoms with Gasteiger partial charge in [-0.25, -0.2) is 8.42 Å². The van der Waals surface area contributed by atoms with Crippen molar-refractivity contribution in [3.63, 3.8) is 0 Å². The Labute approximate surface area is 163 Å². The first kappa shape index (κ1) is 20.2. The molecular weight excluding hydrogens is 360 g/mol. The monoisotopic (exact) mass is 392 g/mol. The average molecular weight is 393 g/mol. The van der Waals surface area contributed by atoms with E-state index >= 15 is 0 Å². The zero-order valence-corrected chi connectivity index (χ0v) is 17.1. The van der Waals surface area contributed by atoms with Crippen LogP contribution in [0.2, 0.25) is 0 Å². The smallest absolute Gasteiger partial charge is 0.236 e. The van der Waals surface area contributed by atoms with Gasteiger partial charge in [0.1, 0.15) is 0 Å². The Morgan fingerprint density at radius 3 is 2.67 bits per heavy atom. The highest BCUT2D eigenvalue weighted by molar-refractivity contribution is 7.92. The fraction of sp³-hybridized carbons (Fsp3) is 0.667. The van der Waals surface area contributed by atoms with Crippen molar-refractivity contribution in [3.05, 3.63) is 29.8 Å². The molecule has 6 heteroatoms. The highest BCUT2D eigenvalue weighted by Crippen LogP contribution is 2.32. The predicted molar refractivity (Wildman–Crippen MR) is 109 cm³/mol. The van der Waals surface area contributed by atoms with E-state index in [-0.39, 0.29) is 24.1 Å². The van der Waals surface area contributed by atoms with Crippen LogP contribution in [0.25, 0.3) is 0 Å². The van der Waals surface area contributed by atoms with E-state index in [4.69, 9.17) is 0 Å². The lowest BCUT2D eigenvalue weighted by molar-refractivity contribution is -0.126. The number of hydrogen-bond acceptors (Lipinski definition) is 3. The number of hydrogen-bond donors (Lipinski definition) is 1. The van der Waals surface area contributed by atoms with E-state index in [0.29, 0.717) is 6.54 Å². The molecule has 150 valence electrons. The number of anilines is 1. The topological polar surface area (TPSA) is 66.5 Å². The van der Waals surface area contributed by atoms with Crippen LogP contribution < -0.4 is 9.62 Å². The van der Waals surface area contributed by atoms with Gasteiger partial charge in [-0.3, -0.25) is 9.10 Å². The highest BCUT2D eigenvalue weighted by atomic mass is 32.2. The molecule has 1 fully saturated rings. The number of sulfonamides is 1. The van der Waals surface area contributed by atoms with Crippen LogP contribution >= 0.6 is 0 Å². The number of carbonyl (C=O) groups excluding carboxylic acids is 1. The Hall–Kier alpha value is -1.56. The van der Waals surface area contributed by atoms with Crippen LogP contribution in [0.1, 0.15) is 57.4 Å². The predicted octanol–water partition coefficient (Wildman–Crippen LogP) is 3.49. The van der Waals surface area contributed by atoms with Gasteiger partial charge in [-0.15, -0.1) is 0 Å². The summed E-state index contributed by atoms with van der Waals surface area (Å²) in [6, 6.07) is 7.64. The third-order valence-corrected chi connectivity index (χ3v) is 7.79. The number of unbranched alkanes of at least 4 members (excludes halogenated alkanes) is 1. The van der Waals surface area contributed by atoms with Crippen LogP contribution in [0.4, 0.5) is 5.69 Å². The van der Waals surface area contributed by atoms with Gasteiger partial charge in [-0.05, 0) is 49.7 Å². The van der Waals surface area contributed by atoms with Crippen LogP contribution in [-0.2, 0) is 21.2 Å². The van der Waals surface area contributed by atoms with Gasteiger partial charge in [-0.2, -0.15) is 0 Å². The number of carbonyl (C=O) groups is 1. The third kappa shape index (κ3) is 5.03. The first-order chi connectivity index (χ1) is 13.0. The Morgan fingerprint density at radius 2 is 1.93 bits per heavy atom. The summed E-state index contributed by atoms with van der Waals surface area (Å²) in [4.78, 5) is 12.4. The minimum absolute atomic E-state index is 0.0287. The van der Waals surface area contributed by atoms with E-state index in [0.717, 1.165) is 49.3 Å². The molecule has 1 aliphatic carbocycles. The molecule has 0 saturated heterocycles. The lowest BCUT2D eigenvalue weighted by atomic mass is 9.79. The average Bonchev–Trinajstić information content (AvgIpc) is 3.11. The Morgan fingerprint density at radius 1 is 1.19 bits per heavy atom. The maximum atomic E-state index is 12.7. The van der Waals surface area contributed by atoms with Crippen LogP contribution in [0.3, 0.4) is 0 Å². The van der Waals surface area contributed by atoms with Gasteiger partial charge in [0, 0.05) is 19.0 Å². The van der Waals surface area contributed by atoms with Crippen molar-refractivity contribution in [1.82, 2.24) is 5.32 Å². The summed E-state index contributed by atoms with van der Waals surface area (Å²) in [6.07, 6.45) is 8.67. The molecule has 1 aliphatic heterocycles. The number of rotatable bonds is 8. The summed E-state index contributed by atoms with van der Waals surface area (Å²) in [6.45, 7) is 2.90. The zero-order valence-electron chi connectivity index (χ0n) is 16.3. The zero-order chi connectivity index (χ0) is 19.3. The number of amides is 1. The largest absolute Gasteiger partial charge is 0.355 e. The summed E-state index contributed by atoms with van der Waals surface area (Å²) in [7, 11) is -3.40. The quantitative estimate of drug-likeness (QED) is 0.736. The molecule has 1 heterocycles. The summed E-state index contributed by atoms with van der Waals surface area (Å²) in [5, 5.41) is 2.87. The number of nitrogens with zero attached hydrogens (tertiary/aromatic N) is 1.